The standard InChI is InChI=1S/C26H22O4/c1-4-18-5-7-19(8-6-18)16-29-24-14-13-22-23(15-25(27)30-26(22)17(24)2)20-9-11-21(28-3)12-10-20/h4-15H,1,16H2,2-3H3. The van der Waals surface area contributed by atoms with Crippen molar-refractivity contribution in [2.24, 2.45) is 0 Å². The Morgan fingerprint density at radius 1 is 1.00 bits per heavy atom. The Labute approximate surface area is 175 Å². The summed E-state index contributed by atoms with van der Waals surface area (Å²) < 4.78 is 16.8. The van der Waals surface area contributed by atoms with Gasteiger partial charge in [-0.05, 0) is 53.4 Å². The van der Waals surface area contributed by atoms with Crippen LogP contribution in [-0.4, -0.2) is 7.11 Å². The molecule has 0 amide bonds. The first kappa shape index (κ1) is 19.5. The zero-order valence-electron chi connectivity index (χ0n) is 17.0. The van der Waals surface area contributed by atoms with Gasteiger partial charge in [0.2, 0.25) is 0 Å². The predicted octanol–water partition coefficient (Wildman–Crippen LogP) is 6.00. The van der Waals surface area contributed by atoms with Gasteiger partial charge in [-0.25, -0.2) is 4.79 Å². The molecule has 0 radical (unpaired) electrons. The van der Waals surface area contributed by atoms with E-state index in [4.69, 9.17) is 13.9 Å². The van der Waals surface area contributed by atoms with E-state index >= 15 is 0 Å². The molecule has 0 aliphatic carbocycles. The Balaban J connectivity index is 1.69. The first-order valence-electron chi connectivity index (χ1n) is 9.65. The third kappa shape index (κ3) is 3.85. The Bertz CT molecular complexity index is 1250. The summed E-state index contributed by atoms with van der Waals surface area (Å²) in [4.78, 5) is 12.3. The number of ether oxygens (including phenoxy) is 2. The van der Waals surface area contributed by atoms with Crippen LogP contribution in [0.1, 0.15) is 16.7 Å². The fourth-order valence-corrected chi connectivity index (χ4v) is 3.42. The zero-order valence-corrected chi connectivity index (χ0v) is 17.0. The third-order valence-electron chi connectivity index (χ3n) is 5.12. The number of fused-ring (bicyclic) bond motifs is 1. The lowest BCUT2D eigenvalue weighted by atomic mass is 10.00. The lowest BCUT2D eigenvalue weighted by Gasteiger charge is -2.13. The molecule has 0 bridgehead atoms. The topological polar surface area (TPSA) is 48.7 Å². The molecule has 0 spiro atoms. The monoisotopic (exact) mass is 398 g/mol. The van der Waals surface area contributed by atoms with Crippen molar-refractivity contribution in [2.45, 2.75) is 13.5 Å². The van der Waals surface area contributed by atoms with Crippen LogP contribution < -0.4 is 15.1 Å². The molecule has 1 heterocycles. The van der Waals surface area contributed by atoms with Gasteiger partial charge >= 0.3 is 5.63 Å². The van der Waals surface area contributed by atoms with Crippen LogP contribution in [0.25, 0.3) is 28.2 Å². The minimum absolute atomic E-state index is 0.395. The number of methoxy groups -OCH3 is 1. The second-order valence-corrected chi connectivity index (χ2v) is 7.01. The highest BCUT2D eigenvalue weighted by Crippen LogP contribution is 2.34. The third-order valence-corrected chi connectivity index (χ3v) is 5.12. The summed E-state index contributed by atoms with van der Waals surface area (Å²) in [5.74, 6) is 1.45. The smallest absolute Gasteiger partial charge is 0.336 e. The summed E-state index contributed by atoms with van der Waals surface area (Å²) in [6, 6.07) is 21.0. The van der Waals surface area contributed by atoms with Crippen LogP contribution in [0.3, 0.4) is 0 Å². The van der Waals surface area contributed by atoms with Gasteiger partial charge in [-0.15, -0.1) is 0 Å². The van der Waals surface area contributed by atoms with E-state index in [1.165, 1.54) is 6.07 Å². The summed E-state index contributed by atoms with van der Waals surface area (Å²) in [7, 11) is 1.63. The van der Waals surface area contributed by atoms with E-state index in [2.05, 4.69) is 6.58 Å². The molecule has 0 aliphatic rings. The highest BCUT2D eigenvalue weighted by molar-refractivity contribution is 5.95. The Morgan fingerprint density at radius 3 is 2.40 bits per heavy atom. The van der Waals surface area contributed by atoms with Gasteiger partial charge in [-0.2, -0.15) is 0 Å². The van der Waals surface area contributed by atoms with Crippen molar-refractivity contribution >= 4 is 17.0 Å². The normalized spacial score (nSPS) is 10.7. The molecule has 0 saturated heterocycles. The molecule has 4 rings (SSSR count). The summed E-state index contributed by atoms with van der Waals surface area (Å²) in [6.45, 7) is 6.09. The first-order valence-corrected chi connectivity index (χ1v) is 9.65. The maximum Gasteiger partial charge on any atom is 0.336 e. The summed E-state index contributed by atoms with van der Waals surface area (Å²) >= 11 is 0. The van der Waals surface area contributed by atoms with Gasteiger partial charge in [0.1, 0.15) is 23.7 Å². The predicted molar refractivity (Wildman–Crippen MR) is 120 cm³/mol. The van der Waals surface area contributed by atoms with Crippen LogP contribution in [0, 0.1) is 6.92 Å². The van der Waals surface area contributed by atoms with Crippen LogP contribution in [0.2, 0.25) is 0 Å². The van der Waals surface area contributed by atoms with Crippen molar-refractivity contribution in [3.8, 4) is 22.6 Å². The fraction of sp³-hybridized carbons (Fsp3) is 0.115. The summed E-state index contributed by atoms with van der Waals surface area (Å²) in [5.41, 5.74) is 4.79. The number of benzene rings is 3. The van der Waals surface area contributed by atoms with Gasteiger partial charge in [-0.1, -0.05) is 49.1 Å². The van der Waals surface area contributed by atoms with Gasteiger partial charge in [0.25, 0.3) is 0 Å². The minimum atomic E-state index is -0.395. The molecule has 1 aromatic heterocycles. The number of rotatable bonds is 6. The maximum atomic E-state index is 12.3. The second kappa shape index (κ2) is 8.29. The fourth-order valence-electron chi connectivity index (χ4n) is 3.42. The Morgan fingerprint density at radius 2 is 1.73 bits per heavy atom. The SMILES string of the molecule is C=Cc1ccc(COc2ccc3c(-c4ccc(OC)cc4)cc(=O)oc3c2C)cc1. The molecule has 0 aliphatic heterocycles. The van der Waals surface area contributed by atoms with Gasteiger partial charge in [0.05, 0.1) is 7.11 Å². The van der Waals surface area contributed by atoms with Crippen molar-refractivity contribution in [3.05, 3.63) is 100 Å². The lowest BCUT2D eigenvalue weighted by Crippen LogP contribution is -2.02. The molecular formula is C26H22O4. The van der Waals surface area contributed by atoms with Crippen molar-refractivity contribution in [1.82, 2.24) is 0 Å². The Hall–Kier alpha value is -3.79. The number of hydrogen-bond acceptors (Lipinski definition) is 4. The molecule has 30 heavy (non-hydrogen) atoms. The van der Waals surface area contributed by atoms with Crippen LogP contribution in [0.4, 0.5) is 0 Å². The maximum absolute atomic E-state index is 12.3. The Kier molecular flexibility index (Phi) is 5.40. The van der Waals surface area contributed by atoms with Crippen LogP contribution >= 0.6 is 0 Å². The number of hydrogen-bond donors (Lipinski definition) is 0. The first-order chi connectivity index (χ1) is 14.6. The van der Waals surface area contributed by atoms with Gasteiger partial charge in [-0.3, -0.25) is 0 Å². The van der Waals surface area contributed by atoms with Crippen molar-refractivity contribution in [3.63, 3.8) is 0 Å². The molecule has 0 fully saturated rings. The minimum Gasteiger partial charge on any atom is -0.497 e. The zero-order chi connectivity index (χ0) is 21.1. The van der Waals surface area contributed by atoms with Crippen LogP contribution in [-0.2, 0) is 6.61 Å². The van der Waals surface area contributed by atoms with Crippen molar-refractivity contribution in [2.75, 3.05) is 7.11 Å². The van der Waals surface area contributed by atoms with E-state index in [1.54, 1.807) is 13.2 Å². The average molecular weight is 398 g/mol. The van der Waals surface area contributed by atoms with Gasteiger partial charge in [0.15, 0.2) is 0 Å². The second-order valence-electron chi connectivity index (χ2n) is 7.01. The molecule has 0 atom stereocenters. The van der Waals surface area contributed by atoms with E-state index in [1.807, 2.05) is 67.6 Å². The molecular weight excluding hydrogens is 376 g/mol. The highest BCUT2D eigenvalue weighted by atomic mass is 16.5. The summed E-state index contributed by atoms with van der Waals surface area (Å²) in [5, 5.41) is 0.861. The molecule has 150 valence electrons. The van der Waals surface area contributed by atoms with Gasteiger partial charge < -0.3 is 13.9 Å². The largest absolute Gasteiger partial charge is 0.497 e. The summed E-state index contributed by atoms with van der Waals surface area (Å²) in [6.07, 6.45) is 1.81. The average Bonchev–Trinajstić information content (AvgIpc) is 2.79. The highest BCUT2D eigenvalue weighted by Gasteiger charge is 2.13. The van der Waals surface area contributed by atoms with Crippen molar-refractivity contribution in [1.29, 1.82) is 0 Å². The van der Waals surface area contributed by atoms with E-state index in [-0.39, 0.29) is 0 Å². The molecule has 0 N–H and O–H groups in total. The van der Waals surface area contributed by atoms with E-state index in [0.29, 0.717) is 17.9 Å². The molecule has 0 unspecified atom stereocenters. The van der Waals surface area contributed by atoms with E-state index in [9.17, 15) is 4.79 Å². The lowest BCUT2D eigenvalue weighted by molar-refractivity contribution is 0.304. The molecule has 4 nitrogen and oxygen atoms in total. The van der Waals surface area contributed by atoms with E-state index < -0.39 is 5.63 Å². The quantitative estimate of drug-likeness (QED) is 0.374. The number of aryl methyl sites for hydroxylation is 1. The van der Waals surface area contributed by atoms with Crippen LogP contribution in [0.5, 0.6) is 11.5 Å². The van der Waals surface area contributed by atoms with Gasteiger partial charge in [0, 0.05) is 17.0 Å². The van der Waals surface area contributed by atoms with Crippen LogP contribution in [0.15, 0.2) is 82.5 Å². The van der Waals surface area contributed by atoms with Crippen molar-refractivity contribution < 1.29 is 13.9 Å². The molecule has 4 aromatic rings. The molecule has 0 saturated carbocycles. The molecule has 3 aromatic carbocycles. The van der Waals surface area contributed by atoms with E-state index in [0.717, 1.165) is 39.0 Å². The molecule has 4 heteroatoms.